The Hall–Kier alpha value is -2.19. The van der Waals surface area contributed by atoms with E-state index in [-0.39, 0.29) is 6.04 Å². The number of aromatic nitrogens is 1. The second-order valence-electron chi connectivity index (χ2n) is 5.60. The fraction of sp³-hybridized carbons (Fsp3) is 0.211. The van der Waals surface area contributed by atoms with E-state index in [4.69, 9.17) is 5.73 Å². The molecular formula is C19H20N2. The number of hydrogen-bond donors (Lipinski definition) is 1. The van der Waals surface area contributed by atoms with Crippen LogP contribution >= 0.6 is 0 Å². The van der Waals surface area contributed by atoms with Gasteiger partial charge in [-0.05, 0) is 48.4 Å². The van der Waals surface area contributed by atoms with E-state index in [9.17, 15) is 0 Å². The van der Waals surface area contributed by atoms with Crippen LogP contribution in [0.3, 0.4) is 0 Å². The van der Waals surface area contributed by atoms with Crippen molar-refractivity contribution in [1.82, 2.24) is 4.98 Å². The summed E-state index contributed by atoms with van der Waals surface area (Å²) in [6.45, 7) is 4.29. The zero-order valence-corrected chi connectivity index (χ0v) is 12.5. The summed E-state index contributed by atoms with van der Waals surface area (Å²) in [5, 5.41) is 2.35. The molecule has 0 aliphatic heterocycles. The smallest absolute Gasteiger partial charge is 0.0652 e. The van der Waals surface area contributed by atoms with Gasteiger partial charge in [0.15, 0.2) is 0 Å². The average Bonchev–Trinajstić information content (AvgIpc) is 2.50. The Bertz CT molecular complexity index is 752. The lowest BCUT2D eigenvalue weighted by atomic mass is 9.94. The minimum Gasteiger partial charge on any atom is -0.322 e. The lowest BCUT2D eigenvalue weighted by molar-refractivity contribution is 0.698. The van der Waals surface area contributed by atoms with Crippen molar-refractivity contribution in [3.05, 3.63) is 77.1 Å². The zero-order valence-electron chi connectivity index (χ0n) is 12.5. The van der Waals surface area contributed by atoms with Crippen LogP contribution in [0.4, 0.5) is 0 Å². The van der Waals surface area contributed by atoms with Crippen molar-refractivity contribution >= 4 is 10.8 Å². The van der Waals surface area contributed by atoms with Gasteiger partial charge < -0.3 is 5.73 Å². The minimum atomic E-state index is -0.0871. The highest BCUT2D eigenvalue weighted by Gasteiger charge is 2.14. The summed E-state index contributed by atoms with van der Waals surface area (Å²) in [6, 6.07) is 16.6. The molecule has 2 aromatic carbocycles. The molecule has 1 atom stereocenters. The Labute approximate surface area is 125 Å². The second kappa shape index (κ2) is 5.66. The Morgan fingerprint density at radius 1 is 0.952 bits per heavy atom. The summed E-state index contributed by atoms with van der Waals surface area (Å²) >= 11 is 0. The van der Waals surface area contributed by atoms with E-state index in [1.807, 2.05) is 24.4 Å². The van der Waals surface area contributed by atoms with Gasteiger partial charge in [-0.3, -0.25) is 4.98 Å². The van der Waals surface area contributed by atoms with Gasteiger partial charge in [-0.2, -0.15) is 0 Å². The molecule has 0 amide bonds. The van der Waals surface area contributed by atoms with Crippen molar-refractivity contribution in [3.8, 4) is 0 Å². The van der Waals surface area contributed by atoms with Gasteiger partial charge in [0.2, 0.25) is 0 Å². The maximum atomic E-state index is 6.47. The van der Waals surface area contributed by atoms with Gasteiger partial charge in [-0.1, -0.05) is 42.5 Å². The van der Waals surface area contributed by atoms with Gasteiger partial charge in [-0.15, -0.1) is 0 Å². The first-order valence-corrected chi connectivity index (χ1v) is 7.31. The predicted octanol–water partition coefficient (Wildman–Crippen LogP) is 4.09. The van der Waals surface area contributed by atoms with E-state index in [2.05, 4.69) is 49.2 Å². The third-order valence-electron chi connectivity index (χ3n) is 4.12. The molecule has 0 aliphatic rings. The first-order chi connectivity index (χ1) is 10.2. The van der Waals surface area contributed by atoms with E-state index < -0.39 is 0 Å². The first-order valence-electron chi connectivity index (χ1n) is 7.31. The number of nitrogens with zero attached hydrogens (tertiary/aromatic N) is 1. The van der Waals surface area contributed by atoms with Crippen molar-refractivity contribution < 1.29 is 0 Å². The molecule has 1 unspecified atom stereocenters. The Morgan fingerprint density at radius 2 is 1.67 bits per heavy atom. The fourth-order valence-electron chi connectivity index (χ4n) is 2.93. The molecule has 1 aromatic heterocycles. The summed E-state index contributed by atoms with van der Waals surface area (Å²) in [6.07, 6.45) is 2.67. The summed E-state index contributed by atoms with van der Waals surface area (Å²) in [5.41, 5.74) is 11.4. The quantitative estimate of drug-likeness (QED) is 0.782. The van der Waals surface area contributed by atoms with Crippen LogP contribution in [0, 0.1) is 13.8 Å². The average molecular weight is 276 g/mol. The Morgan fingerprint density at radius 3 is 2.43 bits per heavy atom. The van der Waals surface area contributed by atoms with Crippen LogP contribution in [0.1, 0.15) is 28.4 Å². The molecule has 2 N–H and O–H groups in total. The highest BCUT2D eigenvalue weighted by atomic mass is 14.8. The number of nitrogens with two attached hydrogens (primary N) is 1. The van der Waals surface area contributed by atoms with E-state index in [1.165, 1.54) is 22.1 Å². The van der Waals surface area contributed by atoms with Gasteiger partial charge in [0, 0.05) is 11.6 Å². The predicted molar refractivity (Wildman–Crippen MR) is 88.3 cm³/mol. The molecule has 0 aliphatic carbocycles. The highest BCUT2D eigenvalue weighted by Crippen LogP contribution is 2.25. The van der Waals surface area contributed by atoms with E-state index in [0.29, 0.717) is 0 Å². The molecule has 2 nitrogen and oxygen atoms in total. The van der Waals surface area contributed by atoms with Gasteiger partial charge >= 0.3 is 0 Å². The zero-order chi connectivity index (χ0) is 14.8. The van der Waals surface area contributed by atoms with Crippen molar-refractivity contribution in [2.45, 2.75) is 26.3 Å². The van der Waals surface area contributed by atoms with Crippen molar-refractivity contribution in [3.63, 3.8) is 0 Å². The maximum Gasteiger partial charge on any atom is 0.0652 e. The second-order valence-corrected chi connectivity index (χ2v) is 5.60. The van der Waals surface area contributed by atoms with Crippen LogP contribution in [0.25, 0.3) is 10.8 Å². The normalized spacial score (nSPS) is 12.5. The number of pyridine rings is 1. The molecule has 0 fully saturated rings. The van der Waals surface area contributed by atoms with E-state index >= 15 is 0 Å². The van der Waals surface area contributed by atoms with Crippen LogP contribution in [0.15, 0.2) is 54.7 Å². The number of fused-ring (bicyclic) bond motifs is 1. The summed E-state index contributed by atoms with van der Waals surface area (Å²) in [5.74, 6) is 0. The molecule has 3 aromatic rings. The van der Waals surface area contributed by atoms with Crippen LogP contribution in [-0.4, -0.2) is 4.98 Å². The summed E-state index contributed by atoms with van der Waals surface area (Å²) in [7, 11) is 0. The van der Waals surface area contributed by atoms with Crippen LogP contribution in [0.5, 0.6) is 0 Å². The highest BCUT2D eigenvalue weighted by molar-refractivity contribution is 5.84. The van der Waals surface area contributed by atoms with Gasteiger partial charge in [0.25, 0.3) is 0 Å². The lowest BCUT2D eigenvalue weighted by Crippen LogP contribution is -2.16. The molecule has 106 valence electrons. The molecule has 0 bridgehead atoms. The monoisotopic (exact) mass is 276 g/mol. The van der Waals surface area contributed by atoms with E-state index in [1.54, 1.807) is 0 Å². The largest absolute Gasteiger partial charge is 0.322 e. The topological polar surface area (TPSA) is 38.9 Å². The SMILES string of the molecule is Cc1cccc(C)c1CC(N)c1nccc2ccccc12. The molecule has 0 saturated heterocycles. The lowest BCUT2D eigenvalue weighted by Gasteiger charge is -2.17. The molecule has 0 saturated carbocycles. The summed E-state index contributed by atoms with van der Waals surface area (Å²) in [4.78, 5) is 4.54. The molecular weight excluding hydrogens is 256 g/mol. The molecule has 2 heteroatoms. The van der Waals surface area contributed by atoms with Gasteiger partial charge in [0.1, 0.15) is 0 Å². The third-order valence-corrected chi connectivity index (χ3v) is 4.12. The first kappa shape index (κ1) is 13.8. The fourth-order valence-corrected chi connectivity index (χ4v) is 2.93. The minimum absolute atomic E-state index is 0.0871. The van der Waals surface area contributed by atoms with Crippen molar-refractivity contribution in [1.29, 1.82) is 0 Å². The Balaban J connectivity index is 2.00. The maximum absolute atomic E-state index is 6.47. The van der Waals surface area contributed by atoms with Crippen LogP contribution in [0.2, 0.25) is 0 Å². The van der Waals surface area contributed by atoms with Crippen molar-refractivity contribution in [2.75, 3.05) is 0 Å². The van der Waals surface area contributed by atoms with E-state index in [0.717, 1.165) is 17.5 Å². The number of hydrogen-bond acceptors (Lipinski definition) is 2. The molecule has 0 radical (unpaired) electrons. The Kier molecular flexibility index (Phi) is 3.72. The molecule has 1 heterocycles. The third kappa shape index (κ3) is 2.67. The number of benzene rings is 2. The number of rotatable bonds is 3. The van der Waals surface area contributed by atoms with Gasteiger partial charge in [-0.25, -0.2) is 0 Å². The van der Waals surface area contributed by atoms with Crippen LogP contribution < -0.4 is 5.73 Å². The summed E-state index contributed by atoms with van der Waals surface area (Å²) < 4.78 is 0. The van der Waals surface area contributed by atoms with Crippen LogP contribution in [-0.2, 0) is 6.42 Å². The molecule has 0 spiro atoms. The standard InChI is InChI=1S/C19H20N2/c1-13-6-5-7-14(2)17(13)12-18(20)19-16-9-4-3-8-15(16)10-11-21-19/h3-11,18H,12,20H2,1-2H3. The number of aryl methyl sites for hydroxylation is 2. The molecule has 3 rings (SSSR count). The van der Waals surface area contributed by atoms with Crippen molar-refractivity contribution in [2.24, 2.45) is 5.73 Å². The van der Waals surface area contributed by atoms with Gasteiger partial charge in [0.05, 0.1) is 11.7 Å². The molecule has 21 heavy (non-hydrogen) atoms.